The molecule has 2 aromatic heterocycles. The van der Waals surface area contributed by atoms with Crippen LogP contribution in [0.1, 0.15) is 26.3 Å². The van der Waals surface area contributed by atoms with Crippen LogP contribution < -0.4 is 20.9 Å². The number of carbonyl (C=O) groups excluding carboxylic acids is 2. The number of piperazine rings is 1. The first-order valence-corrected chi connectivity index (χ1v) is 15.0. The molecule has 0 aliphatic carbocycles. The number of fused-ring (bicyclic) bond motifs is 1. The zero-order valence-corrected chi connectivity index (χ0v) is 26.1. The maximum atomic E-state index is 13.0. The molecule has 1 saturated heterocycles. The molecule has 2 aromatic carbocycles. The van der Waals surface area contributed by atoms with Gasteiger partial charge in [0.2, 0.25) is 5.95 Å². The van der Waals surface area contributed by atoms with E-state index in [1.54, 1.807) is 53.3 Å². The van der Waals surface area contributed by atoms with E-state index in [0.717, 1.165) is 11.1 Å². The van der Waals surface area contributed by atoms with E-state index in [1.807, 2.05) is 37.8 Å². The fourth-order valence-electron chi connectivity index (χ4n) is 5.48. The Morgan fingerprint density at radius 2 is 1.78 bits per heavy atom. The van der Waals surface area contributed by atoms with Crippen LogP contribution in [0.5, 0.6) is 5.75 Å². The molecule has 3 heterocycles. The van der Waals surface area contributed by atoms with Gasteiger partial charge in [-0.05, 0) is 36.6 Å². The van der Waals surface area contributed by atoms with Crippen molar-refractivity contribution in [3.63, 3.8) is 0 Å². The third kappa shape index (κ3) is 6.86. The van der Waals surface area contributed by atoms with Gasteiger partial charge in [-0.3, -0.25) is 23.7 Å². The van der Waals surface area contributed by atoms with E-state index in [-0.39, 0.29) is 42.3 Å². The number of para-hydroxylation sites is 1. The number of nitrogens with two attached hydrogens (primary N) is 1. The molecule has 244 valence electrons. The Kier molecular flexibility index (Phi) is 9.65. The van der Waals surface area contributed by atoms with E-state index in [2.05, 4.69) is 9.97 Å². The highest BCUT2D eigenvalue weighted by molar-refractivity contribution is 5.85. The van der Waals surface area contributed by atoms with Crippen LogP contribution in [0.15, 0.2) is 59.7 Å². The maximum Gasteiger partial charge on any atom is 0.387 e. The summed E-state index contributed by atoms with van der Waals surface area (Å²) < 4.78 is 39.0. The van der Waals surface area contributed by atoms with E-state index in [9.17, 15) is 23.2 Å². The fraction of sp³-hybridized carbons (Fsp3) is 0.406. The summed E-state index contributed by atoms with van der Waals surface area (Å²) in [6.45, 7) is 3.73. The number of benzene rings is 2. The van der Waals surface area contributed by atoms with Crippen molar-refractivity contribution < 1.29 is 27.8 Å². The molecule has 12 nitrogen and oxygen atoms in total. The summed E-state index contributed by atoms with van der Waals surface area (Å²) in [5, 5.41) is 0.481. The van der Waals surface area contributed by atoms with Crippen molar-refractivity contribution in [1.82, 2.24) is 24.2 Å². The third-order valence-electron chi connectivity index (χ3n) is 8.20. The summed E-state index contributed by atoms with van der Waals surface area (Å²) in [5.74, 6) is -0.424. The molecule has 1 fully saturated rings. The van der Waals surface area contributed by atoms with Crippen molar-refractivity contribution in [3.8, 4) is 16.9 Å². The third-order valence-corrected chi connectivity index (χ3v) is 8.20. The molecule has 1 aliphatic rings. The van der Waals surface area contributed by atoms with Crippen molar-refractivity contribution >= 4 is 28.7 Å². The number of alkyl halides is 2. The molecule has 5 rings (SSSR count). The Bertz CT molecular complexity index is 1770. The van der Waals surface area contributed by atoms with Gasteiger partial charge in [-0.15, -0.1) is 0 Å². The van der Waals surface area contributed by atoms with Crippen molar-refractivity contribution in [2.45, 2.75) is 46.0 Å². The second kappa shape index (κ2) is 13.6. The predicted molar refractivity (Wildman–Crippen MR) is 168 cm³/mol. The van der Waals surface area contributed by atoms with E-state index in [0.29, 0.717) is 42.0 Å². The molecule has 14 heteroatoms. The van der Waals surface area contributed by atoms with Crippen LogP contribution in [0.25, 0.3) is 22.0 Å². The molecule has 0 radical (unpaired) electrons. The SMILES string of the molecule is CC(C)[C@H](N)C(=O)OCC(=O)N1CCN(c2ncc(-c3ccc4c(=O)n(C)n(Cc5ccccc5OC(F)F)c4c3)cn2)C[C@H]1C. The number of carbonyl (C=O) groups is 2. The Morgan fingerprint density at radius 3 is 2.46 bits per heavy atom. The quantitative estimate of drug-likeness (QED) is 0.260. The number of rotatable bonds is 10. The van der Waals surface area contributed by atoms with Gasteiger partial charge in [0.25, 0.3) is 11.5 Å². The van der Waals surface area contributed by atoms with Gasteiger partial charge in [-0.1, -0.05) is 38.1 Å². The molecule has 1 aliphatic heterocycles. The van der Waals surface area contributed by atoms with E-state index in [1.165, 1.54) is 10.7 Å². The number of aromatic nitrogens is 4. The van der Waals surface area contributed by atoms with Gasteiger partial charge in [-0.2, -0.15) is 8.78 Å². The predicted octanol–water partition coefficient (Wildman–Crippen LogP) is 3.01. The smallest absolute Gasteiger partial charge is 0.387 e. The summed E-state index contributed by atoms with van der Waals surface area (Å²) in [4.78, 5) is 50.6. The summed E-state index contributed by atoms with van der Waals surface area (Å²) in [5.41, 5.74) is 8.20. The summed E-state index contributed by atoms with van der Waals surface area (Å²) in [7, 11) is 1.62. The Morgan fingerprint density at radius 1 is 1.07 bits per heavy atom. The van der Waals surface area contributed by atoms with Crippen molar-refractivity contribution in [3.05, 3.63) is 70.8 Å². The lowest BCUT2D eigenvalue weighted by atomic mass is 10.1. The summed E-state index contributed by atoms with van der Waals surface area (Å²) in [6, 6.07) is 10.9. The molecule has 46 heavy (non-hydrogen) atoms. The molecular formula is C32H37F2N7O5. The first kappa shape index (κ1) is 32.5. The molecule has 2 atom stereocenters. The topological polar surface area (TPSA) is 138 Å². The van der Waals surface area contributed by atoms with E-state index in [4.69, 9.17) is 15.2 Å². The van der Waals surface area contributed by atoms with Crippen molar-refractivity contribution in [2.75, 3.05) is 31.1 Å². The summed E-state index contributed by atoms with van der Waals surface area (Å²) >= 11 is 0. The molecule has 0 saturated carbocycles. The van der Waals surface area contributed by atoms with Gasteiger partial charge in [0.05, 0.1) is 17.4 Å². The van der Waals surface area contributed by atoms with E-state index < -0.39 is 18.6 Å². The van der Waals surface area contributed by atoms with Gasteiger partial charge in [0.1, 0.15) is 11.8 Å². The highest BCUT2D eigenvalue weighted by atomic mass is 19.3. The van der Waals surface area contributed by atoms with Crippen LogP contribution in [0, 0.1) is 5.92 Å². The molecule has 0 unspecified atom stereocenters. The van der Waals surface area contributed by atoms with Crippen LogP contribution in [0.4, 0.5) is 14.7 Å². The largest absolute Gasteiger partial charge is 0.454 e. The minimum absolute atomic E-state index is 0.0428. The molecule has 4 aromatic rings. The highest BCUT2D eigenvalue weighted by Gasteiger charge is 2.30. The van der Waals surface area contributed by atoms with Crippen molar-refractivity contribution in [1.29, 1.82) is 0 Å². The number of hydrogen-bond acceptors (Lipinski definition) is 9. The van der Waals surface area contributed by atoms with Gasteiger partial charge in [-0.25, -0.2) is 9.97 Å². The Hall–Kier alpha value is -4.85. The highest BCUT2D eigenvalue weighted by Crippen LogP contribution is 2.27. The Balaban J connectivity index is 1.29. The molecule has 0 bridgehead atoms. The lowest BCUT2D eigenvalue weighted by Crippen LogP contribution is -2.55. The van der Waals surface area contributed by atoms with Crippen LogP contribution in [0.2, 0.25) is 0 Å². The van der Waals surface area contributed by atoms with Gasteiger partial charge in [0, 0.05) is 56.2 Å². The lowest BCUT2D eigenvalue weighted by Gasteiger charge is -2.39. The van der Waals surface area contributed by atoms with Gasteiger partial charge < -0.3 is 25.0 Å². The average molecular weight is 638 g/mol. The second-order valence-electron chi connectivity index (χ2n) is 11.6. The average Bonchev–Trinajstić information content (AvgIpc) is 3.27. The number of amides is 1. The van der Waals surface area contributed by atoms with E-state index >= 15 is 0 Å². The monoisotopic (exact) mass is 637 g/mol. The molecular weight excluding hydrogens is 600 g/mol. The molecule has 2 N–H and O–H groups in total. The molecule has 0 spiro atoms. The van der Waals surface area contributed by atoms with Crippen LogP contribution in [-0.4, -0.2) is 81.0 Å². The number of halogens is 2. The number of esters is 1. The number of ether oxygens (including phenoxy) is 2. The van der Waals surface area contributed by atoms with Gasteiger partial charge in [0.15, 0.2) is 6.61 Å². The van der Waals surface area contributed by atoms with Gasteiger partial charge >= 0.3 is 12.6 Å². The van der Waals surface area contributed by atoms with Crippen LogP contribution in [0.3, 0.4) is 0 Å². The fourth-order valence-corrected chi connectivity index (χ4v) is 5.48. The minimum Gasteiger partial charge on any atom is -0.454 e. The summed E-state index contributed by atoms with van der Waals surface area (Å²) in [6.07, 6.45) is 3.39. The first-order valence-electron chi connectivity index (χ1n) is 15.0. The zero-order valence-electron chi connectivity index (χ0n) is 26.1. The van der Waals surface area contributed by atoms with Crippen molar-refractivity contribution in [2.24, 2.45) is 18.7 Å². The normalized spacial score (nSPS) is 15.9. The standard InChI is InChI=1S/C32H37F2N7O5/c1-19(2)28(35)30(44)45-18-27(42)40-12-11-39(16-20(40)3)32-36-14-23(15-37-32)21-9-10-24-25(13-21)41(38(4)29(24)43)17-22-7-5-6-8-26(22)46-31(33)34/h5-10,13-15,19-20,28,31H,11-12,16-18,35H2,1-4H3/t20-,28+/m1/s1. The first-order chi connectivity index (χ1) is 21.9. The number of nitrogens with zero attached hydrogens (tertiary/aromatic N) is 6. The minimum atomic E-state index is -2.97. The van der Waals surface area contributed by atoms with Crippen LogP contribution >= 0.6 is 0 Å². The number of anilines is 1. The maximum absolute atomic E-state index is 13.0. The second-order valence-corrected chi connectivity index (χ2v) is 11.6. The van der Waals surface area contributed by atoms with Crippen LogP contribution in [-0.2, 0) is 27.9 Å². The Labute approximate surface area is 264 Å². The lowest BCUT2D eigenvalue weighted by molar-refractivity contribution is -0.154. The number of hydrogen-bond donors (Lipinski definition) is 1. The zero-order chi connectivity index (χ0) is 33.1. The molecule has 1 amide bonds.